The molecule has 5 rings (SSSR count). The highest BCUT2D eigenvalue weighted by Crippen LogP contribution is 2.32. The van der Waals surface area contributed by atoms with Gasteiger partial charge in [-0.05, 0) is 50.2 Å². The van der Waals surface area contributed by atoms with Crippen molar-refractivity contribution in [3.05, 3.63) is 78.3 Å². The van der Waals surface area contributed by atoms with Crippen LogP contribution in [0.25, 0.3) is 21.7 Å². The molecule has 8 nitrogen and oxygen atoms in total. The Morgan fingerprint density at radius 2 is 1.87 bits per heavy atom. The van der Waals surface area contributed by atoms with E-state index in [2.05, 4.69) is 31.6 Å². The molecule has 1 aliphatic heterocycles. The molecule has 4 aromatic rings. The monoisotopic (exact) mass is 510 g/mol. The highest BCUT2D eigenvalue weighted by molar-refractivity contribution is 6.17. The first-order valence-electron chi connectivity index (χ1n) is 13.0. The normalized spacial score (nSPS) is 14.4. The van der Waals surface area contributed by atoms with Crippen molar-refractivity contribution in [2.75, 3.05) is 51.8 Å². The van der Waals surface area contributed by atoms with Crippen LogP contribution in [0.1, 0.15) is 19.4 Å². The first-order valence-corrected chi connectivity index (χ1v) is 13.0. The van der Waals surface area contributed by atoms with E-state index >= 15 is 0 Å². The van der Waals surface area contributed by atoms with E-state index in [-0.39, 0.29) is 0 Å². The van der Waals surface area contributed by atoms with Gasteiger partial charge >= 0.3 is 0 Å². The zero-order chi connectivity index (χ0) is 26.3. The van der Waals surface area contributed by atoms with Crippen LogP contribution < -0.4 is 15.4 Å². The Morgan fingerprint density at radius 3 is 2.63 bits per heavy atom. The first kappa shape index (κ1) is 25.6. The average molecular weight is 511 g/mol. The SMILES string of the molecule is CN=C(NC=C(C)C)c1cccc2c1nc(Nc1ccc(OCCN3CCOCC3)cc1)c1ccncc12. The molecule has 0 atom stereocenters. The van der Waals surface area contributed by atoms with Crippen molar-refractivity contribution in [3.63, 3.8) is 0 Å². The van der Waals surface area contributed by atoms with Gasteiger partial charge in [0, 0.05) is 72.7 Å². The molecule has 38 heavy (non-hydrogen) atoms. The Bertz CT molecular complexity index is 1460. The summed E-state index contributed by atoms with van der Waals surface area (Å²) < 4.78 is 11.4. The van der Waals surface area contributed by atoms with Gasteiger partial charge in [-0.3, -0.25) is 14.9 Å². The zero-order valence-corrected chi connectivity index (χ0v) is 22.2. The number of anilines is 2. The number of nitrogens with one attached hydrogen (secondary N) is 2. The Kier molecular flexibility index (Phi) is 8.11. The van der Waals surface area contributed by atoms with Crippen molar-refractivity contribution in [2.24, 2.45) is 4.99 Å². The molecule has 0 aliphatic carbocycles. The molecule has 2 aromatic carbocycles. The fourth-order valence-corrected chi connectivity index (χ4v) is 4.52. The minimum atomic E-state index is 0.654. The molecule has 1 aliphatic rings. The minimum Gasteiger partial charge on any atom is -0.492 e. The number of ether oxygens (including phenoxy) is 2. The lowest BCUT2D eigenvalue weighted by Crippen LogP contribution is -2.38. The van der Waals surface area contributed by atoms with Crippen molar-refractivity contribution in [3.8, 4) is 5.75 Å². The average Bonchev–Trinajstić information content (AvgIpc) is 2.95. The van der Waals surface area contributed by atoms with E-state index in [0.717, 1.165) is 88.8 Å². The summed E-state index contributed by atoms with van der Waals surface area (Å²) in [7, 11) is 1.78. The molecule has 0 spiro atoms. The molecular weight excluding hydrogens is 476 g/mol. The first-order chi connectivity index (χ1) is 18.6. The number of aliphatic imine (C=N–C) groups is 1. The van der Waals surface area contributed by atoms with E-state index in [9.17, 15) is 0 Å². The maximum Gasteiger partial charge on any atom is 0.139 e. The second-order valence-corrected chi connectivity index (χ2v) is 9.47. The summed E-state index contributed by atoms with van der Waals surface area (Å²) >= 11 is 0. The van der Waals surface area contributed by atoms with E-state index in [1.165, 1.54) is 0 Å². The van der Waals surface area contributed by atoms with E-state index in [1.54, 1.807) is 13.2 Å². The van der Waals surface area contributed by atoms with Crippen molar-refractivity contribution in [2.45, 2.75) is 13.8 Å². The van der Waals surface area contributed by atoms with Gasteiger partial charge in [-0.2, -0.15) is 0 Å². The van der Waals surface area contributed by atoms with Gasteiger partial charge in [0.1, 0.15) is 24.0 Å². The topological polar surface area (TPSA) is 83.9 Å². The van der Waals surface area contributed by atoms with Crippen LogP contribution in [-0.4, -0.2) is 67.2 Å². The maximum absolute atomic E-state index is 5.98. The number of aromatic nitrogens is 2. The van der Waals surface area contributed by atoms with Crippen molar-refractivity contribution in [1.29, 1.82) is 0 Å². The maximum atomic E-state index is 5.98. The van der Waals surface area contributed by atoms with E-state index < -0.39 is 0 Å². The number of allylic oxidation sites excluding steroid dienone is 1. The number of hydrogen-bond donors (Lipinski definition) is 2. The van der Waals surface area contributed by atoms with Crippen molar-refractivity contribution < 1.29 is 9.47 Å². The summed E-state index contributed by atoms with van der Waals surface area (Å²) in [5.74, 6) is 2.37. The summed E-state index contributed by atoms with van der Waals surface area (Å²) in [6, 6.07) is 16.2. The highest BCUT2D eigenvalue weighted by atomic mass is 16.5. The third-order valence-electron chi connectivity index (χ3n) is 6.50. The molecule has 0 unspecified atom stereocenters. The quantitative estimate of drug-likeness (QED) is 0.193. The largest absolute Gasteiger partial charge is 0.492 e. The Morgan fingerprint density at radius 1 is 1.05 bits per heavy atom. The van der Waals surface area contributed by atoms with Gasteiger partial charge in [-0.25, -0.2) is 4.98 Å². The summed E-state index contributed by atoms with van der Waals surface area (Å²) in [4.78, 5) is 16.4. The van der Waals surface area contributed by atoms with Gasteiger partial charge in [0.05, 0.1) is 18.7 Å². The van der Waals surface area contributed by atoms with Crippen LogP contribution >= 0.6 is 0 Å². The molecular formula is C30H34N6O2. The molecule has 0 saturated carbocycles. The molecule has 0 bridgehead atoms. The van der Waals surface area contributed by atoms with Crippen LogP contribution in [0.15, 0.2) is 77.7 Å². The Hall–Kier alpha value is -4.01. The standard InChI is InChI=1S/C30H34N6O2/c1-21(2)19-33-29(31-3)26-6-4-5-24-27-20-32-12-11-25(27)30(35-28(24)26)34-22-7-9-23(10-8-22)38-18-15-36-13-16-37-17-14-36/h4-12,19-20H,13-18H2,1-3H3,(H,31,33)(H,34,35). The molecule has 0 amide bonds. The summed E-state index contributed by atoms with van der Waals surface area (Å²) in [5.41, 5.74) is 3.87. The van der Waals surface area contributed by atoms with Gasteiger partial charge in [-0.1, -0.05) is 17.7 Å². The van der Waals surface area contributed by atoms with Crippen LogP contribution in [0.5, 0.6) is 5.75 Å². The van der Waals surface area contributed by atoms with Gasteiger partial charge in [0.2, 0.25) is 0 Å². The lowest BCUT2D eigenvalue weighted by Gasteiger charge is -2.26. The summed E-state index contributed by atoms with van der Waals surface area (Å²) in [6.07, 6.45) is 5.64. The number of hydrogen-bond acceptors (Lipinski definition) is 7. The van der Waals surface area contributed by atoms with E-state index in [1.807, 2.05) is 68.7 Å². The lowest BCUT2D eigenvalue weighted by atomic mass is 10.0. The molecule has 1 fully saturated rings. The second-order valence-electron chi connectivity index (χ2n) is 9.47. The van der Waals surface area contributed by atoms with Crippen LogP contribution in [0.4, 0.5) is 11.5 Å². The molecule has 3 heterocycles. The van der Waals surface area contributed by atoms with Crippen LogP contribution in [0.3, 0.4) is 0 Å². The van der Waals surface area contributed by atoms with Gasteiger partial charge < -0.3 is 20.1 Å². The predicted octanol–water partition coefficient (Wildman–Crippen LogP) is 5.13. The third kappa shape index (κ3) is 5.93. The number of nitrogens with zero attached hydrogens (tertiary/aromatic N) is 4. The fourth-order valence-electron chi connectivity index (χ4n) is 4.52. The molecule has 0 radical (unpaired) electrons. The number of fused-ring (bicyclic) bond motifs is 3. The number of amidine groups is 1. The number of pyridine rings is 2. The smallest absolute Gasteiger partial charge is 0.139 e. The minimum absolute atomic E-state index is 0.654. The number of rotatable bonds is 8. The highest BCUT2D eigenvalue weighted by Gasteiger charge is 2.15. The van der Waals surface area contributed by atoms with Crippen LogP contribution in [0, 0.1) is 0 Å². The fraction of sp³-hybridized carbons (Fsp3) is 0.300. The molecule has 2 N–H and O–H groups in total. The third-order valence-corrected chi connectivity index (χ3v) is 6.50. The zero-order valence-electron chi connectivity index (χ0n) is 22.2. The van der Waals surface area contributed by atoms with Crippen molar-refractivity contribution in [1.82, 2.24) is 20.2 Å². The van der Waals surface area contributed by atoms with Gasteiger partial charge in [-0.15, -0.1) is 0 Å². The predicted molar refractivity (Wildman–Crippen MR) is 155 cm³/mol. The number of para-hydroxylation sites is 1. The lowest BCUT2D eigenvalue weighted by molar-refractivity contribution is 0.0322. The van der Waals surface area contributed by atoms with Gasteiger partial charge in [0.25, 0.3) is 0 Å². The van der Waals surface area contributed by atoms with Crippen LogP contribution in [0.2, 0.25) is 0 Å². The molecule has 1 saturated heterocycles. The number of benzene rings is 2. The Labute approximate surface area is 223 Å². The van der Waals surface area contributed by atoms with Crippen molar-refractivity contribution >= 4 is 39.0 Å². The number of morpholine rings is 1. The van der Waals surface area contributed by atoms with Gasteiger partial charge in [0.15, 0.2) is 0 Å². The summed E-state index contributed by atoms with van der Waals surface area (Å²) in [5, 5.41) is 9.91. The molecule has 8 heteroatoms. The van der Waals surface area contributed by atoms with E-state index in [0.29, 0.717) is 6.61 Å². The Balaban J connectivity index is 1.41. The van der Waals surface area contributed by atoms with E-state index in [4.69, 9.17) is 14.5 Å². The molecule has 2 aromatic heterocycles. The summed E-state index contributed by atoms with van der Waals surface area (Å²) in [6.45, 7) is 9.17. The van der Waals surface area contributed by atoms with Crippen LogP contribution in [-0.2, 0) is 4.74 Å². The second kappa shape index (κ2) is 12.0. The molecule has 196 valence electrons.